The Kier molecular flexibility index (Phi) is 5.38. The number of rotatable bonds is 4. The molecular weight excluding hydrogens is 120 g/mol. The van der Waals surface area contributed by atoms with E-state index in [4.69, 9.17) is 0 Å². The van der Waals surface area contributed by atoms with Crippen molar-refractivity contribution in [2.24, 2.45) is 0 Å². The molecule has 0 saturated heterocycles. The van der Waals surface area contributed by atoms with Gasteiger partial charge in [-0.15, -0.1) is 0 Å². The molecule has 0 fully saturated rings. The predicted molar refractivity (Wildman–Crippen MR) is 48.2 cm³/mol. The third kappa shape index (κ3) is 2.55. The Morgan fingerprint density at radius 2 is 0.800 bits per heavy atom. The Balaban J connectivity index is 4.20. The van der Waals surface area contributed by atoms with E-state index in [0.29, 0.717) is 0 Å². The molecule has 0 atom stereocenters. The molecule has 60 valence electrons. The van der Waals surface area contributed by atoms with Crippen molar-refractivity contribution in [2.75, 3.05) is 0 Å². The van der Waals surface area contributed by atoms with Crippen molar-refractivity contribution in [1.29, 1.82) is 0 Å². The van der Waals surface area contributed by atoms with Crippen molar-refractivity contribution in [3.8, 4) is 0 Å². The number of hydrogen-bond acceptors (Lipinski definition) is 0. The SMILES string of the molecule is CCC(CC)=C(CC)CC. The highest BCUT2D eigenvalue weighted by atomic mass is 14.0. The Labute approximate surface area is 65.3 Å². The Morgan fingerprint density at radius 3 is 0.900 bits per heavy atom. The van der Waals surface area contributed by atoms with E-state index < -0.39 is 0 Å². The Bertz CT molecular complexity index is 83.2. The molecule has 0 amide bonds. The van der Waals surface area contributed by atoms with Gasteiger partial charge < -0.3 is 0 Å². The highest BCUT2D eigenvalue weighted by Crippen LogP contribution is 2.17. The molecule has 0 heterocycles. The van der Waals surface area contributed by atoms with Crippen molar-refractivity contribution in [2.45, 2.75) is 53.4 Å². The molecule has 0 unspecified atom stereocenters. The topological polar surface area (TPSA) is 0 Å². The maximum absolute atomic E-state index is 2.25. The lowest BCUT2D eigenvalue weighted by Crippen LogP contribution is -1.87. The van der Waals surface area contributed by atoms with Crippen LogP contribution in [0.5, 0.6) is 0 Å². The van der Waals surface area contributed by atoms with Crippen LogP contribution in [0.4, 0.5) is 0 Å². The van der Waals surface area contributed by atoms with Gasteiger partial charge in [0.25, 0.3) is 0 Å². The third-order valence-corrected chi connectivity index (χ3v) is 2.21. The van der Waals surface area contributed by atoms with E-state index in [1.165, 1.54) is 25.7 Å². The highest BCUT2D eigenvalue weighted by Gasteiger charge is 1.97. The molecule has 0 aliphatic heterocycles. The first-order chi connectivity index (χ1) is 4.79. The van der Waals surface area contributed by atoms with E-state index in [-0.39, 0.29) is 0 Å². The molecule has 0 N–H and O–H groups in total. The van der Waals surface area contributed by atoms with Gasteiger partial charge in [0, 0.05) is 0 Å². The predicted octanol–water partition coefficient (Wildman–Crippen LogP) is 3.92. The van der Waals surface area contributed by atoms with Gasteiger partial charge in [-0.3, -0.25) is 0 Å². The summed E-state index contributed by atoms with van der Waals surface area (Å²) in [5.41, 5.74) is 3.34. The van der Waals surface area contributed by atoms with Crippen LogP contribution in [-0.4, -0.2) is 0 Å². The number of hydrogen-bond donors (Lipinski definition) is 0. The van der Waals surface area contributed by atoms with E-state index in [1.807, 2.05) is 0 Å². The minimum Gasteiger partial charge on any atom is -0.0716 e. The Morgan fingerprint density at radius 1 is 0.600 bits per heavy atom. The van der Waals surface area contributed by atoms with Crippen LogP contribution in [0.1, 0.15) is 53.4 Å². The molecule has 0 aromatic rings. The molecule has 0 radical (unpaired) electrons. The second-order valence-corrected chi connectivity index (χ2v) is 2.62. The van der Waals surface area contributed by atoms with Gasteiger partial charge in [0.05, 0.1) is 0 Å². The highest BCUT2D eigenvalue weighted by molar-refractivity contribution is 5.12. The molecule has 0 aromatic heterocycles. The fourth-order valence-corrected chi connectivity index (χ4v) is 1.50. The lowest BCUT2D eigenvalue weighted by atomic mass is 9.99. The maximum Gasteiger partial charge on any atom is -0.0346 e. The summed E-state index contributed by atoms with van der Waals surface area (Å²) in [5, 5.41) is 0. The molecule has 0 bridgehead atoms. The van der Waals surface area contributed by atoms with Crippen LogP contribution in [0, 0.1) is 0 Å². The zero-order chi connectivity index (χ0) is 7.98. The molecule has 0 heteroatoms. The van der Waals surface area contributed by atoms with Crippen LogP contribution in [0.3, 0.4) is 0 Å². The van der Waals surface area contributed by atoms with Gasteiger partial charge in [0.2, 0.25) is 0 Å². The second-order valence-electron chi connectivity index (χ2n) is 2.62. The molecule has 0 aromatic carbocycles. The van der Waals surface area contributed by atoms with E-state index in [2.05, 4.69) is 27.7 Å². The summed E-state index contributed by atoms with van der Waals surface area (Å²) in [4.78, 5) is 0. The van der Waals surface area contributed by atoms with Gasteiger partial charge in [-0.25, -0.2) is 0 Å². The summed E-state index contributed by atoms with van der Waals surface area (Å²) in [6.07, 6.45) is 4.97. The molecule has 0 spiro atoms. The minimum absolute atomic E-state index is 1.24. The largest absolute Gasteiger partial charge is 0.0716 e. The molecule has 0 aliphatic carbocycles. The second kappa shape index (κ2) is 5.52. The maximum atomic E-state index is 2.25. The number of allylic oxidation sites excluding steroid dienone is 2. The standard InChI is InChI=1S/C10H20/c1-5-9(6-2)10(7-3)8-4/h5-8H2,1-4H3. The molecule has 10 heavy (non-hydrogen) atoms. The molecule has 0 nitrogen and oxygen atoms in total. The fraction of sp³-hybridized carbons (Fsp3) is 0.800. The minimum atomic E-state index is 1.24. The summed E-state index contributed by atoms with van der Waals surface area (Å²) < 4.78 is 0. The molecule has 0 saturated carbocycles. The van der Waals surface area contributed by atoms with Gasteiger partial charge in [-0.2, -0.15) is 0 Å². The lowest BCUT2D eigenvalue weighted by molar-refractivity contribution is 0.864. The third-order valence-electron chi connectivity index (χ3n) is 2.21. The average molecular weight is 140 g/mol. The van der Waals surface area contributed by atoms with E-state index >= 15 is 0 Å². The van der Waals surface area contributed by atoms with Crippen LogP contribution in [-0.2, 0) is 0 Å². The molecular formula is C10H20. The van der Waals surface area contributed by atoms with Gasteiger partial charge >= 0.3 is 0 Å². The summed E-state index contributed by atoms with van der Waals surface area (Å²) in [5.74, 6) is 0. The van der Waals surface area contributed by atoms with Crippen molar-refractivity contribution < 1.29 is 0 Å². The zero-order valence-electron chi connectivity index (χ0n) is 7.83. The molecule has 0 rings (SSSR count). The lowest BCUT2D eigenvalue weighted by Gasteiger charge is -2.07. The van der Waals surface area contributed by atoms with Gasteiger partial charge in [-0.05, 0) is 25.7 Å². The van der Waals surface area contributed by atoms with E-state index in [1.54, 1.807) is 11.1 Å². The summed E-state index contributed by atoms with van der Waals surface area (Å²) in [6, 6.07) is 0. The van der Waals surface area contributed by atoms with Crippen molar-refractivity contribution in [3.05, 3.63) is 11.1 Å². The summed E-state index contributed by atoms with van der Waals surface area (Å²) >= 11 is 0. The van der Waals surface area contributed by atoms with Crippen LogP contribution >= 0.6 is 0 Å². The normalized spacial score (nSPS) is 9.60. The summed E-state index contributed by atoms with van der Waals surface area (Å²) in [6.45, 7) is 9.02. The first-order valence-electron chi connectivity index (χ1n) is 4.49. The van der Waals surface area contributed by atoms with Crippen molar-refractivity contribution in [3.63, 3.8) is 0 Å². The van der Waals surface area contributed by atoms with Gasteiger partial charge in [0.1, 0.15) is 0 Å². The van der Waals surface area contributed by atoms with Crippen molar-refractivity contribution >= 4 is 0 Å². The fourth-order valence-electron chi connectivity index (χ4n) is 1.50. The van der Waals surface area contributed by atoms with Gasteiger partial charge in [-0.1, -0.05) is 38.8 Å². The van der Waals surface area contributed by atoms with Crippen LogP contribution in [0.25, 0.3) is 0 Å². The van der Waals surface area contributed by atoms with E-state index in [9.17, 15) is 0 Å². The first-order valence-corrected chi connectivity index (χ1v) is 4.49. The monoisotopic (exact) mass is 140 g/mol. The van der Waals surface area contributed by atoms with Crippen LogP contribution < -0.4 is 0 Å². The van der Waals surface area contributed by atoms with E-state index in [0.717, 1.165) is 0 Å². The average Bonchev–Trinajstić information content (AvgIpc) is 2.00. The van der Waals surface area contributed by atoms with Crippen LogP contribution in [0.15, 0.2) is 11.1 Å². The van der Waals surface area contributed by atoms with Crippen molar-refractivity contribution in [1.82, 2.24) is 0 Å². The Hall–Kier alpha value is -0.260. The zero-order valence-corrected chi connectivity index (χ0v) is 7.83. The quantitative estimate of drug-likeness (QED) is 0.519. The summed E-state index contributed by atoms with van der Waals surface area (Å²) in [7, 11) is 0. The first kappa shape index (κ1) is 9.74. The smallest absolute Gasteiger partial charge is 0.0346 e. The van der Waals surface area contributed by atoms with Gasteiger partial charge in [0.15, 0.2) is 0 Å². The molecule has 0 aliphatic rings. The van der Waals surface area contributed by atoms with Crippen LogP contribution in [0.2, 0.25) is 0 Å².